The summed E-state index contributed by atoms with van der Waals surface area (Å²) in [5.74, 6) is -11.3. The summed E-state index contributed by atoms with van der Waals surface area (Å²) >= 11 is 0. The maximum atomic E-state index is 15.8. The van der Waals surface area contributed by atoms with Crippen molar-refractivity contribution in [2.24, 2.45) is 40.9 Å². The van der Waals surface area contributed by atoms with Crippen LogP contribution in [-0.2, 0) is 71.7 Å². The van der Waals surface area contributed by atoms with Crippen molar-refractivity contribution in [1.29, 1.82) is 0 Å². The minimum atomic E-state index is -4.53. The van der Waals surface area contributed by atoms with E-state index in [1.807, 2.05) is 40.7 Å². The lowest BCUT2D eigenvalue weighted by Gasteiger charge is -2.54. The average Bonchev–Trinajstić information content (AvgIpc) is 0.949. The van der Waals surface area contributed by atoms with E-state index in [4.69, 9.17) is 14.2 Å². The molecule has 0 aromatic rings. The van der Waals surface area contributed by atoms with Gasteiger partial charge in [0.1, 0.15) is 53.9 Å². The molecule has 0 aromatic carbocycles. The average molecular weight is 1530 g/mol. The van der Waals surface area contributed by atoms with Gasteiger partial charge in [0, 0.05) is 96.7 Å². The highest BCUT2D eigenvalue weighted by molar-refractivity contribution is 6.01. The Hall–Kier alpha value is -6.95. The second kappa shape index (κ2) is 38.3. The summed E-state index contributed by atoms with van der Waals surface area (Å²) in [6.45, 7) is 11.8. The number of nitrogens with zero attached hydrogens (tertiary/aromatic N) is 9. The smallest absolute Gasteiger partial charge is 0.381 e. The highest BCUT2D eigenvalue weighted by Gasteiger charge is 2.60. The van der Waals surface area contributed by atoms with E-state index in [9.17, 15) is 37.1 Å². The Balaban J connectivity index is 1.34. The summed E-state index contributed by atoms with van der Waals surface area (Å²) < 4.78 is 60.3. The van der Waals surface area contributed by atoms with Crippen LogP contribution in [0.2, 0.25) is 0 Å². The number of amides is 12. The van der Waals surface area contributed by atoms with Gasteiger partial charge in [-0.15, -0.1) is 0 Å². The van der Waals surface area contributed by atoms with Crippen LogP contribution in [0.4, 0.5) is 13.2 Å². The number of rotatable bonds is 15. The Morgan fingerprint density at radius 2 is 1.30 bits per heavy atom. The monoisotopic (exact) mass is 1530 g/mol. The molecular weight excluding hydrogens is 1400 g/mol. The third-order valence-electron chi connectivity index (χ3n) is 24.4. The molecule has 12 amide bonds. The molecule has 7 aliphatic rings. The zero-order valence-electron chi connectivity index (χ0n) is 67.3. The number of hydrogen-bond acceptors (Lipinski definition) is 15. The zero-order valence-corrected chi connectivity index (χ0v) is 67.3. The summed E-state index contributed by atoms with van der Waals surface area (Å²) in [5.41, 5.74) is -2.19. The van der Waals surface area contributed by atoms with Gasteiger partial charge in [-0.25, -0.2) is 0 Å². The van der Waals surface area contributed by atoms with E-state index in [1.165, 1.54) is 108 Å². The molecule has 3 N–H and O–H groups in total. The van der Waals surface area contributed by atoms with Crippen LogP contribution in [0.3, 0.4) is 0 Å². The van der Waals surface area contributed by atoms with E-state index in [2.05, 4.69) is 16.0 Å². The first-order valence-corrected chi connectivity index (χ1v) is 39.4. The van der Waals surface area contributed by atoms with Gasteiger partial charge < -0.3 is 74.3 Å². The Labute approximate surface area is 637 Å². The maximum absolute atomic E-state index is 15.8. The molecule has 3 unspecified atom stereocenters. The van der Waals surface area contributed by atoms with Crippen LogP contribution in [-0.4, -0.2) is 297 Å². The van der Waals surface area contributed by atoms with Crippen molar-refractivity contribution in [3.05, 3.63) is 12.2 Å². The summed E-state index contributed by atoms with van der Waals surface area (Å²) in [5, 5.41) is 8.90. The highest BCUT2D eigenvalue weighted by Crippen LogP contribution is 2.50. The Bertz CT molecular complexity index is 3210. The highest BCUT2D eigenvalue weighted by atomic mass is 19.4. The van der Waals surface area contributed by atoms with E-state index in [0.717, 1.165) is 12.8 Å². The number of methoxy groups -OCH3 is 2. The quantitative estimate of drug-likeness (QED) is 0.169. The van der Waals surface area contributed by atoms with Crippen LogP contribution in [0.5, 0.6) is 0 Å². The standard InChI is InChI=1S/C78H127F3N12O15/c1-18-48(5)65-73(103)87(11)44-64(96)88(12)56-27-21-20-24-36-92(72(56)102)60(38-49-28-32-52(106-16)33-29-49)71(101)86(10)43-62(94)82-55(35-31-50-30-34-54(78(79,80)81)61(39-50)107-17)69(99)93-42-53(108-19-2)40-58(93)68(98)84-77(45-76(6,7)46-77)75(105)91(15)66(51-25-22-23-26-51)74(104)90(14)59(70(100)85(8)9)41-63(95)89(13)57(37-47(3)4)67(97)83-65/h20-21,47-61,65-66H,18-19,22-46H2,1-17H3,(H,82,94)(H,83,97)(H,84,98)/b21-20-/t48-,49?,50?,52?,53+,54?,55-,56-,57-,58-,59-,60-,61?,65-,66-/m0/s1. The SMILES string of the molecule is CCO[C@@H]1C[C@H]2C(=O)NC3(CC(C)(C)C3)C(=O)N(C)[C@@H](C3CCCC3)C(=O)N(C)[C@H](C(=O)N(C)C)CC(=O)N(C)[C@@H](CC(C)C)C(=O)N[C@@H]([C@@H](C)CC)C(=O)N(C)CC(=O)N(C)[C@H]3C/C=C\CCN(C3=O)[C@@H](CC3CCC(OC)CC3)C(=O)N(C)CC(=O)N[C@@H](CCC3CCC(C(F)(F)F)C(OC)C3)C(=O)N2C1. The number of hydrogen-bond donors (Lipinski definition) is 3. The number of carbonyl (C=O) groups excluding carboxylic acids is 12. The molecule has 7 rings (SSSR count). The second-order valence-corrected chi connectivity index (χ2v) is 33.6. The number of likely N-dealkylation sites (N-methyl/N-ethyl adjacent to an activating group) is 7. The van der Waals surface area contributed by atoms with Gasteiger partial charge >= 0.3 is 6.18 Å². The van der Waals surface area contributed by atoms with Crippen LogP contribution >= 0.6 is 0 Å². The largest absolute Gasteiger partial charge is 0.394 e. The molecule has 3 aliphatic heterocycles. The molecule has 0 radical (unpaired) electrons. The molecule has 1 spiro atoms. The third-order valence-corrected chi connectivity index (χ3v) is 24.4. The minimum absolute atomic E-state index is 0.00405. The van der Waals surface area contributed by atoms with Crippen molar-refractivity contribution in [2.45, 2.75) is 268 Å². The molecule has 30 heteroatoms. The maximum Gasteiger partial charge on any atom is 0.394 e. The number of carbonyl (C=O) groups is 12. The van der Waals surface area contributed by atoms with Gasteiger partial charge in [-0.2, -0.15) is 13.2 Å². The van der Waals surface area contributed by atoms with Gasteiger partial charge in [-0.3, -0.25) is 57.5 Å². The normalized spacial score (nSPS) is 31.6. The fourth-order valence-corrected chi connectivity index (χ4v) is 18.0. The molecule has 4 aliphatic carbocycles. The zero-order chi connectivity index (χ0) is 80.2. The molecule has 108 heavy (non-hydrogen) atoms. The molecule has 13 atom stereocenters. The first-order valence-electron chi connectivity index (χ1n) is 39.4. The lowest BCUT2D eigenvalue weighted by atomic mass is 9.58. The van der Waals surface area contributed by atoms with Gasteiger partial charge in [-0.05, 0) is 151 Å². The number of ether oxygens (including phenoxy) is 3. The number of fused-ring (bicyclic) bond motifs is 3. The fraction of sp³-hybridized carbons (Fsp3) is 0.821. The number of alkyl halides is 3. The van der Waals surface area contributed by atoms with E-state index >= 15 is 33.6 Å². The van der Waals surface area contributed by atoms with Gasteiger partial charge in [0.15, 0.2) is 0 Å². The van der Waals surface area contributed by atoms with Crippen molar-refractivity contribution >= 4 is 70.9 Å². The third kappa shape index (κ3) is 21.6. The molecule has 2 saturated heterocycles. The summed E-state index contributed by atoms with van der Waals surface area (Å²) in [4.78, 5) is 194. The molecule has 2 bridgehead atoms. The van der Waals surface area contributed by atoms with E-state index in [1.54, 1.807) is 27.0 Å². The molecule has 610 valence electrons. The van der Waals surface area contributed by atoms with Crippen LogP contribution in [0.15, 0.2) is 12.2 Å². The lowest BCUT2D eigenvalue weighted by molar-refractivity contribution is -0.215. The summed E-state index contributed by atoms with van der Waals surface area (Å²) in [6, 6.07) is -10.2. The molecule has 6 fully saturated rings. The summed E-state index contributed by atoms with van der Waals surface area (Å²) in [6.07, 6.45) is 2.88. The van der Waals surface area contributed by atoms with Gasteiger partial charge in [0.2, 0.25) is 70.9 Å². The Kier molecular flexibility index (Phi) is 31.3. The van der Waals surface area contributed by atoms with Gasteiger partial charge in [0.05, 0.1) is 43.7 Å². The van der Waals surface area contributed by atoms with Crippen LogP contribution < -0.4 is 16.0 Å². The van der Waals surface area contributed by atoms with Crippen LogP contribution in [0, 0.1) is 40.9 Å². The summed E-state index contributed by atoms with van der Waals surface area (Å²) in [7, 11) is 14.4. The van der Waals surface area contributed by atoms with Gasteiger partial charge in [-0.1, -0.05) is 73.0 Å². The molecular formula is C78H127F3N12O15. The molecule has 27 nitrogen and oxygen atoms in total. The predicted octanol–water partition coefficient (Wildman–Crippen LogP) is 5.55. The fourth-order valence-electron chi connectivity index (χ4n) is 18.0. The van der Waals surface area contributed by atoms with Crippen LogP contribution in [0.1, 0.15) is 190 Å². The first kappa shape index (κ1) is 88.3. The van der Waals surface area contributed by atoms with Crippen molar-refractivity contribution < 1.29 is 84.9 Å². The van der Waals surface area contributed by atoms with Crippen molar-refractivity contribution in [1.82, 2.24) is 60.0 Å². The van der Waals surface area contributed by atoms with Crippen molar-refractivity contribution in [3.63, 3.8) is 0 Å². The second-order valence-electron chi connectivity index (χ2n) is 33.6. The molecule has 3 heterocycles. The number of halogens is 3. The van der Waals surface area contributed by atoms with E-state index < -0.39 is 192 Å². The van der Waals surface area contributed by atoms with Crippen LogP contribution in [0.25, 0.3) is 0 Å². The van der Waals surface area contributed by atoms with E-state index in [-0.39, 0.29) is 108 Å². The Morgan fingerprint density at radius 1 is 0.657 bits per heavy atom. The van der Waals surface area contributed by atoms with Gasteiger partial charge in [0.25, 0.3) is 0 Å². The molecule has 4 saturated carbocycles. The topological polar surface area (TPSA) is 298 Å². The lowest BCUT2D eigenvalue weighted by Crippen LogP contribution is -2.71. The van der Waals surface area contributed by atoms with Crippen molar-refractivity contribution in [3.8, 4) is 0 Å². The predicted molar refractivity (Wildman–Crippen MR) is 397 cm³/mol. The molecule has 0 aromatic heterocycles. The minimum Gasteiger partial charge on any atom is -0.381 e. The van der Waals surface area contributed by atoms with Crippen molar-refractivity contribution in [2.75, 3.05) is 103 Å². The van der Waals surface area contributed by atoms with E-state index in [0.29, 0.717) is 51.4 Å². The first-order chi connectivity index (χ1) is 50.7. The Morgan fingerprint density at radius 3 is 1.88 bits per heavy atom. The number of nitrogens with one attached hydrogen (secondary N) is 3.